The highest BCUT2D eigenvalue weighted by atomic mass is 16.5. The summed E-state index contributed by atoms with van der Waals surface area (Å²) in [6.07, 6.45) is 4.12. The Balaban J connectivity index is 2.32. The van der Waals surface area contributed by atoms with Gasteiger partial charge >= 0.3 is 0 Å². The minimum atomic E-state index is 0.284. The summed E-state index contributed by atoms with van der Waals surface area (Å²) >= 11 is 0. The molecule has 0 fully saturated rings. The molecule has 1 rings (SSSR count). The lowest BCUT2D eigenvalue weighted by atomic mass is 10.2. The van der Waals surface area contributed by atoms with Crippen molar-refractivity contribution < 1.29 is 9.84 Å². The van der Waals surface area contributed by atoms with Crippen LogP contribution in [0.2, 0.25) is 0 Å². The molecule has 2 N–H and O–H groups in total. The summed E-state index contributed by atoms with van der Waals surface area (Å²) in [7, 11) is 0. The predicted octanol–water partition coefficient (Wildman–Crippen LogP) is 2.15. The Hall–Kier alpha value is -1.36. The summed E-state index contributed by atoms with van der Waals surface area (Å²) < 4.78 is 5.37. The lowest BCUT2D eigenvalue weighted by molar-refractivity contribution is 0.283. The molecule has 102 valence electrons. The van der Waals surface area contributed by atoms with Crippen LogP contribution in [0, 0.1) is 6.92 Å². The zero-order chi connectivity index (χ0) is 13.2. The van der Waals surface area contributed by atoms with Crippen LogP contribution in [-0.4, -0.2) is 34.8 Å². The second kappa shape index (κ2) is 8.69. The Kier molecular flexibility index (Phi) is 7.10. The minimum absolute atomic E-state index is 0.284. The molecule has 0 spiro atoms. The highest BCUT2D eigenvalue weighted by Gasteiger charge is 2.01. The van der Waals surface area contributed by atoms with Crippen molar-refractivity contribution in [1.29, 1.82) is 0 Å². The molecule has 5 nitrogen and oxygen atoms in total. The van der Waals surface area contributed by atoms with Crippen LogP contribution in [0.15, 0.2) is 6.07 Å². The molecule has 0 radical (unpaired) electrons. The molecule has 5 heteroatoms. The Labute approximate surface area is 109 Å². The van der Waals surface area contributed by atoms with Crippen LogP contribution in [0.1, 0.15) is 38.3 Å². The number of hydrogen-bond donors (Lipinski definition) is 2. The van der Waals surface area contributed by atoms with E-state index in [1.165, 1.54) is 0 Å². The summed E-state index contributed by atoms with van der Waals surface area (Å²) in [6.45, 7) is 5.60. The Bertz CT molecular complexity index is 345. The van der Waals surface area contributed by atoms with Crippen molar-refractivity contribution in [2.24, 2.45) is 0 Å². The highest BCUT2D eigenvalue weighted by Crippen LogP contribution is 2.12. The quantitative estimate of drug-likeness (QED) is 0.660. The van der Waals surface area contributed by atoms with Crippen molar-refractivity contribution in [2.75, 3.05) is 25.1 Å². The Morgan fingerprint density at radius 2 is 2.00 bits per heavy atom. The van der Waals surface area contributed by atoms with Gasteiger partial charge in [-0.05, 0) is 26.7 Å². The van der Waals surface area contributed by atoms with E-state index in [1.807, 2.05) is 19.9 Å². The van der Waals surface area contributed by atoms with Gasteiger partial charge in [0.1, 0.15) is 0 Å². The third kappa shape index (κ3) is 5.82. The van der Waals surface area contributed by atoms with E-state index < -0.39 is 0 Å². The monoisotopic (exact) mass is 253 g/mol. The first-order chi connectivity index (χ1) is 8.76. The van der Waals surface area contributed by atoms with Crippen molar-refractivity contribution in [2.45, 2.75) is 39.5 Å². The second-order valence-corrected chi connectivity index (χ2v) is 4.17. The third-order valence-electron chi connectivity index (χ3n) is 2.49. The standard InChI is InChI=1S/C13H23N3O2/c1-3-18-12-10-11(2)15-13(16-12)14-8-6-4-5-7-9-17/h10,17H,3-9H2,1-2H3,(H,14,15,16). The average Bonchev–Trinajstić information content (AvgIpc) is 2.33. The van der Waals surface area contributed by atoms with Gasteiger partial charge in [-0.2, -0.15) is 4.98 Å². The molecule has 0 aliphatic rings. The maximum absolute atomic E-state index is 8.66. The van der Waals surface area contributed by atoms with E-state index in [4.69, 9.17) is 9.84 Å². The van der Waals surface area contributed by atoms with E-state index in [1.54, 1.807) is 0 Å². The molecule has 0 amide bonds. The number of aliphatic hydroxyl groups is 1. The van der Waals surface area contributed by atoms with E-state index in [9.17, 15) is 0 Å². The molecule has 1 aromatic heterocycles. The van der Waals surface area contributed by atoms with E-state index >= 15 is 0 Å². The van der Waals surface area contributed by atoms with Crippen LogP contribution in [-0.2, 0) is 0 Å². The third-order valence-corrected chi connectivity index (χ3v) is 2.49. The molecule has 0 aliphatic carbocycles. The van der Waals surface area contributed by atoms with Crippen LogP contribution in [0.25, 0.3) is 0 Å². The lowest BCUT2D eigenvalue weighted by Gasteiger charge is -2.08. The van der Waals surface area contributed by atoms with Gasteiger partial charge in [-0.3, -0.25) is 0 Å². The zero-order valence-corrected chi connectivity index (χ0v) is 11.3. The molecule has 1 aromatic rings. The van der Waals surface area contributed by atoms with Crippen molar-refractivity contribution in [3.63, 3.8) is 0 Å². The fourth-order valence-electron chi connectivity index (χ4n) is 1.63. The molecule has 1 heterocycles. The van der Waals surface area contributed by atoms with Gasteiger partial charge in [0.05, 0.1) is 6.61 Å². The Morgan fingerprint density at radius 1 is 1.22 bits per heavy atom. The average molecular weight is 253 g/mol. The number of aromatic nitrogens is 2. The highest BCUT2D eigenvalue weighted by molar-refractivity contribution is 5.30. The maximum atomic E-state index is 8.66. The molecule has 0 unspecified atom stereocenters. The lowest BCUT2D eigenvalue weighted by Crippen LogP contribution is -2.07. The van der Waals surface area contributed by atoms with Gasteiger partial charge in [-0.1, -0.05) is 12.8 Å². The number of aliphatic hydroxyl groups excluding tert-OH is 1. The number of ether oxygens (including phenoxy) is 1. The predicted molar refractivity (Wildman–Crippen MR) is 72.0 cm³/mol. The summed E-state index contributed by atoms with van der Waals surface area (Å²) in [6, 6.07) is 1.83. The van der Waals surface area contributed by atoms with Crippen molar-refractivity contribution >= 4 is 5.95 Å². The Morgan fingerprint density at radius 3 is 2.72 bits per heavy atom. The van der Waals surface area contributed by atoms with E-state index in [0.717, 1.165) is 37.9 Å². The van der Waals surface area contributed by atoms with Crippen LogP contribution in [0.3, 0.4) is 0 Å². The van der Waals surface area contributed by atoms with E-state index in [0.29, 0.717) is 18.4 Å². The number of rotatable bonds is 9. The fourth-order valence-corrected chi connectivity index (χ4v) is 1.63. The molecule has 0 aromatic carbocycles. The number of nitrogens with one attached hydrogen (secondary N) is 1. The topological polar surface area (TPSA) is 67.3 Å². The normalized spacial score (nSPS) is 10.4. The first-order valence-electron chi connectivity index (χ1n) is 6.59. The van der Waals surface area contributed by atoms with Crippen LogP contribution < -0.4 is 10.1 Å². The molecule has 18 heavy (non-hydrogen) atoms. The van der Waals surface area contributed by atoms with E-state index in [2.05, 4.69) is 15.3 Å². The summed E-state index contributed by atoms with van der Waals surface area (Å²) in [5.41, 5.74) is 0.899. The van der Waals surface area contributed by atoms with Gasteiger partial charge in [0, 0.05) is 24.9 Å². The van der Waals surface area contributed by atoms with Crippen molar-refractivity contribution in [1.82, 2.24) is 9.97 Å². The zero-order valence-electron chi connectivity index (χ0n) is 11.3. The first-order valence-corrected chi connectivity index (χ1v) is 6.59. The number of nitrogens with zero attached hydrogens (tertiary/aromatic N) is 2. The van der Waals surface area contributed by atoms with Gasteiger partial charge in [-0.15, -0.1) is 0 Å². The van der Waals surface area contributed by atoms with Crippen LogP contribution >= 0.6 is 0 Å². The largest absolute Gasteiger partial charge is 0.478 e. The number of anilines is 1. The van der Waals surface area contributed by atoms with Gasteiger partial charge in [0.15, 0.2) is 0 Å². The molecule has 0 aliphatic heterocycles. The van der Waals surface area contributed by atoms with Crippen LogP contribution in [0.4, 0.5) is 5.95 Å². The number of aryl methyl sites for hydroxylation is 1. The van der Waals surface area contributed by atoms with Gasteiger partial charge < -0.3 is 15.2 Å². The number of hydrogen-bond acceptors (Lipinski definition) is 5. The molecule has 0 bridgehead atoms. The first kappa shape index (κ1) is 14.7. The fraction of sp³-hybridized carbons (Fsp3) is 0.692. The van der Waals surface area contributed by atoms with Crippen LogP contribution in [0.5, 0.6) is 5.88 Å². The maximum Gasteiger partial charge on any atom is 0.226 e. The van der Waals surface area contributed by atoms with Gasteiger partial charge in [-0.25, -0.2) is 4.98 Å². The molecule has 0 saturated carbocycles. The van der Waals surface area contributed by atoms with Gasteiger partial charge in [0.25, 0.3) is 0 Å². The molecule has 0 atom stereocenters. The number of unbranched alkanes of at least 4 members (excludes halogenated alkanes) is 3. The van der Waals surface area contributed by atoms with Crippen molar-refractivity contribution in [3.05, 3.63) is 11.8 Å². The summed E-state index contributed by atoms with van der Waals surface area (Å²) in [5, 5.41) is 11.9. The minimum Gasteiger partial charge on any atom is -0.478 e. The smallest absolute Gasteiger partial charge is 0.226 e. The van der Waals surface area contributed by atoms with Crippen molar-refractivity contribution in [3.8, 4) is 5.88 Å². The summed E-state index contributed by atoms with van der Waals surface area (Å²) in [5.74, 6) is 1.24. The molecule has 0 saturated heterocycles. The van der Waals surface area contributed by atoms with E-state index in [-0.39, 0.29) is 6.61 Å². The second-order valence-electron chi connectivity index (χ2n) is 4.17. The molecular formula is C13H23N3O2. The van der Waals surface area contributed by atoms with Gasteiger partial charge in [0.2, 0.25) is 11.8 Å². The molecular weight excluding hydrogens is 230 g/mol. The summed E-state index contributed by atoms with van der Waals surface area (Å²) in [4.78, 5) is 8.58. The SMILES string of the molecule is CCOc1cc(C)nc(NCCCCCCO)n1.